The van der Waals surface area contributed by atoms with Crippen molar-refractivity contribution in [3.8, 4) is 0 Å². The van der Waals surface area contributed by atoms with Crippen LogP contribution in [0.5, 0.6) is 0 Å². The molecule has 0 aliphatic carbocycles. The minimum Gasteiger partial charge on any atom is -0.453 e. The van der Waals surface area contributed by atoms with Gasteiger partial charge in [-0.2, -0.15) is 0 Å². The van der Waals surface area contributed by atoms with Crippen molar-refractivity contribution < 1.29 is 82.7 Å². The number of cyclic esters (lactones) is 1. The van der Waals surface area contributed by atoms with Gasteiger partial charge in [-0.15, -0.1) is 0 Å². The lowest BCUT2D eigenvalue weighted by Crippen LogP contribution is -2.64. The second-order valence-corrected chi connectivity index (χ2v) is 25.2. The lowest BCUT2D eigenvalue weighted by atomic mass is 9.95. The molecule has 2 aromatic carbocycles. The van der Waals surface area contributed by atoms with Crippen molar-refractivity contribution in [2.75, 3.05) is 26.2 Å². The van der Waals surface area contributed by atoms with Crippen LogP contribution in [0, 0.1) is 29.1 Å². The van der Waals surface area contributed by atoms with Crippen LogP contribution in [0.15, 0.2) is 60.7 Å². The Balaban J connectivity index is 1.96. The third kappa shape index (κ3) is 24.1. The average molecular weight is 1340 g/mol. The monoisotopic (exact) mass is 1340 g/mol. The maximum Gasteiger partial charge on any atom is 0.331 e. The number of primary amides is 1. The molecule has 0 radical (unpaired) electrons. The van der Waals surface area contributed by atoms with Crippen LogP contribution in [0.3, 0.4) is 0 Å². The molecule has 2 saturated heterocycles. The van der Waals surface area contributed by atoms with Gasteiger partial charge in [-0.3, -0.25) is 58.1 Å². The molecule has 0 aromatic heterocycles. The normalized spacial score (nSPS) is 26.0. The molecule has 526 valence electrons. The number of rotatable bonds is 22. The zero-order chi connectivity index (χ0) is 71.0. The number of hydrogen-bond donors (Lipinski definition) is 19. The third-order valence-electron chi connectivity index (χ3n) is 16.1. The molecule has 11 amide bonds. The van der Waals surface area contributed by atoms with E-state index < -0.39 is 187 Å². The Bertz CT molecular complexity index is 2980. The van der Waals surface area contributed by atoms with Gasteiger partial charge in [-0.25, -0.2) is 4.79 Å². The van der Waals surface area contributed by atoms with Gasteiger partial charge in [-0.05, 0) is 79.7 Å². The standard InChI is InChI=1S/C63H97N15O17/c1-10-33(8)44-58(90)76-45(34(9)80)57(89)69-28-43(81)74-47(50(83)52(64)84)60(92)73-42(29-79)62(94)95-51(36-20-15-12-16-21-36)48(78-56(88)41(25-31(4)5)71-54(86)39-26-37(27-68-39)35-18-13-11-14-19-35)61(93)77-46(49(82)32(6)7)59(91)72-40(24-30(2)3)55(87)70-38(53(85)75-44)22-17-23-67-63(65)66/h11-16,18-21,30-34,37-42,44-51,68,79-80,82-83H,10,17,22-29H2,1-9H3,(H2,64,84)(H,69,89)(H,70,87)(H,71,86)(H,72,91)(H,73,92)(H,74,81)(H,75,85)(H,76,90)(H,77,93)(H,78,88)(H4,65,66,67)/t33-,34-,37+,38+,39-,40-,41-,42-,44?,45?,46-,47-,48-,49+,50-,51+/m0/s1. The number of benzene rings is 2. The molecule has 4 rings (SSSR count). The van der Waals surface area contributed by atoms with Gasteiger partial charge in [-0.1, -0.05) is 122 Å². The minimum atomic E-state index is -2.57. The van der Waals surface area contributed by atoms with Crippen LogP contribution in [0.2, 0.25) is 0 Å². The number of carbonyl (C=O) groups excluding carboxylic acids is 12. The van der Waals surface area contributed by atoms with Crippen molar-refractivity contribution in [2.45, 2.75) is 192 Å². The van der Waals surface area contributed by atoms with Gasteiger partial charge in [0.15, 0.2) is 24.2 Å². The number of esters is 1. The maximum atomic E-state index is 15.5. The van der Waals surface area contributed by atoms with Crippen LogP contribution in [-0.2, 0) is 62.3 Å². The second kappa shape index (κ2) is 37.9. The summed E-state index contributed by atoms with van der Waals surface area (Å²) in [6.45, 7) is 12.3. The highest BCUT2D eigenvalue weighted by molar-refractivity contribution is 6.00. The summed E-state index contributed by atoms with van der Waals surface area (Å²) in [5.41, 5.74) is 11.8. The Labute approximate surface area is 551 Å². The van der Waals surface area contributed by atoms with E-state index in [0.717, 1.165) is 12.5 Å². The number of nitrogens with one attached hydrogen (secondary N) is 13. The van der Waals surface area contributed by atoms with Crippen molar-refractivity contribution in [1.82, 2.24) is 63.8 Å². The highest BCUT2D eigenvalue weighted by atomic mass is 16.5. The van der Waals surface area contributed by atoms with E-state index in [1.165, 1.54) is 44.2 Å². The van der Waals surface area contributed by atoms with E-state index in [1.807, 2.05) is 35.6 Å². The smallest absolute Gasteiger partial charge is 0.331 e. The van der Waals surface area contributed by atoms with Gasteiger partial charge in [0.1, 0.15) is 48.3 Å². The molecular weight excluding hydrogens is 1240 g/mol. The predicted molar refractivity (Wildman–Crippen MR) is 344 cm³/mol. The summed E-state index contributed by atoms with van der Waals surface area (Å²) in [4.78, 5) is 171. The van der Waals surface area contributed by atoms with Crippen molar-refractivity contribution in [1.29, 1.82) is 5.41 Å². The number of guanidine groups is 1. The fourth-order valence-corrected chi connectivity index (χ4v) is 10.6. The van der Waals surface area contributed by atoms with Crippen molar-refractivity contribution >= 4 is 76.9 Å². The Morgan fingerprint density at radius 3 is 1.78 bits per heavy atom. The summed E-state index contributed by atoms with van der Waals surface area (Å²) in [7, 11) is 0. The van der Waals surface area contributed by atoms with Gasteiger partial charge in [0.25, 0.3) is 0 Å². The number of aliphatic hydroxyl groups is 4. The zero-order valence-corrected chi connectivity index (χ0v) is 55.1. The van der Waals surface area contributed by atoms with Crippen molar-refractivity contribution in [2.24, 2.45) is 35.1 Å². The molecule has 2 aliphatic rings. The summed E-state index contributed by atoms with van der Waals surface area (Å²) >= 11 is 0. The first-order valence-electron chi connectivity index (χ1n) is 31.8. The van der Waals surface area contributed by atoms with Crippen LogP contribution in [0.25, 0.3) is 0 Å². The van der Waals surface area contributed by atoms with Crippen molar-refractivity contribution in [3.05, 3.63) is 71.8 Å². The molecule has 0 spiro atoms. The van der Waals surface area contributed by atoms with E-state index in [9.17, 15) is 68.4 Å². The Morgan fingerprint density at radius 1 is 0.663 bits per heavy atom. The molecule has 2 aromatic rings. The largest absolute Gasteiger partial charge is 0.453 e. The molecule has 2 unspecified atom stereocenters. The number of aliphatic hydroxyl groups excluding tert-OH is 4. The molecule has 2 heterocycles. The molecule has 2 aliphatic heterocycles. The lowest BCUT2D eigenvalue weighted by Gasteiger charge is -2.33. The van der Waals surface area contributed by atoms with Gasteiger partial charge in [0, 0.05) is 13.1 Å². The first-order valence-corrected chi connectivity index (χ1v) is 31.8. The molecule has 21 N–H and O–H groups in total. The zero-order valence-electron chi connectivity index (χ0n) is 55.1. The van der Waals surface area contributed by atoms with E-state index in [4.69, 9.17) is 21.6 Å². The number of nitrogens with two attached hydrogens (primary N) is 2. The van der Waals surface area contributed by atoms with Gasteiger partial charge < -0.3 is 100 Å². The molecule has 0 saturated carbocycles. The van der Waals surface area contributed by atoms with Crippen LogP contribution in [0.4, 0.5) is 0 Å². The summed E-state index contributed by atoms with van der Waals surface area (Å²) in [6, 6.07) is -0.871. The van der Waals surface area contributed by atoms with Crippen LogP contribution < -0.4 is 75.3 Å². The summed E-state index contributed by atoms with van der Waals surface area (Å²) < 4.78 is 5.98. The van der Waals surface area contributed by atoms with E-state index in [2.05, 4.69) is 58.5 Å². The summed E-state index contributed by atoms with van der Waals surface area (Å²) in [6.07, 6.45) is -7.85. The van der Waals surface area contributed by atoms with E-state index >= 15 is 9.59 Å². The maximum absolute atomic E-state index is 15.5. The fraction of sp³-hybridized carbons (Fsp3) is 0.603. The lowest BCUT2D eigenvalue weighted by molar-refractivity contribution is -0.159. The van der Waals surface area contributed by atoms with E-state index in [0.29, 0.717) is 13.0 Å². The van der Waals surface area contributed by atoms with Gasteiger partial charge in [0.2, 0.25) is 65.0 Å². The second-order valence-electron chi connectivity index (χ2n) is 25.2. The van der Waals surface area contributed by atoms with Gasteiger partial charge in [0.05, 0.1) is 31.4 Å². The van der Waals surface area contributed by atoms with Crippen molar-refractivity contribution in [3.63, 3.8) is 0 Å². The molecular formula is C63H97N15O17. The summed E-state index contributed by atoms with van der Waals surface area (Å²) in [5.74, 6) is -17.1. The molecule has 0 bridgehead atoms. The molecule has 32 nitrogen and oxygen atoms in total. The minimum absolute atomic E-state index is 0.0159. The Morgan fingerprint density at radius 2 is 1.22 bits per heavy atom. The summed E-state index contributed by atoms with van der Waals surface area (Å²) in [5, 5.41) is 82.1. The Hall–Kier alpha value is -8.85. The highest BCUT2D eigenvalue weighted by Crippen LogP contribution is 2.27. The number of ether oxygens (including phenoxy) is 1. The predicted octanol–water partition coefficient (Wildman–Crippen LogP) is -4.45. The van der Waals surface area contributed by atoms with E-state index in [1.54, 1.807) is 41.5 Å². The first-order chi connectivity index (χ1) is 44.8. The quantitative estimate of drug-likeness (QED) is 0.0229. The van der Waals surface area contributed by atoms with Crippen LogP contribution in [-0.4, -0.2) is 202 Å². The molecule has 2 fully saturated rings. The highest BCUT2D eigenvalue weighted by Gasteiger charge is 2.44. The number of hydrogen-bond acceptors (Lipinski definition) is 19. The van der Waals surface area contributed by atoms with Crippen LogP contribution >= 0.6 is 0 Å². The number of amides is 11. The van der Waals surface area contributed by atoms with Gasteiger partial charge >= 0.3 is 5.97 Å². The SMILES string of the molecule is CC[C@H](C)C1NC(=O)[C@@H](CCCNC(=N)N)NC(=O)[C@H](CC(C)C)NC(=O)[C@H]([C@H](O)C(C)C)NC(=O)[C@@H](NC(=O)[C@H](CC(C)C)NC(=O)[C@@H]2C[C@@H](c3ccccc3)CN2)[C@@H](c2ccccc2)OC(=O)[C@H](CO)NC(=O)[C@H]([C@H](O)C(N)=O)NC(=O)CNC(=O)C([C@H](C)O)NC1=O. The molecule has 95 heavy (non-hydrogen) atoms. The third-order valence-corrected chi connectivity index (χ3v) is 16.1. The molecule has 32 heteroatoms. The van der Waals surface area contributed by atoms with Crippen LogP contribution in [0.1, 0.15) is 124 Å². The number of carbonyl (C=O) groups is 12. The average Bonchev–Trinajstić information content (AvgIpc) is 1.63. The molecule has 16 atom stereocenters. The van der Waals surface area contributed by atoms with E-state index in [-0.39, 0.29) is 62.0 Å². The Kier molecular flexibility index (Phi) is 31.3. The first kappa shape index (κ1) is 78.6. The topological polar surface area (TPSA) is 515 Å². The fourth-order valence-electron chi connectivity index (χ4n) is 10.6.